The SMILES string of the molecule is C[C@]1(C(=O)NCCc2ccccc2F)Oc2ccccc2NC1=O. The van der Waals surface area contributed by atoms with E-state index in [2.05, 4.69) is 10.6 Å². The summed E-state index contributed by atoms with van der Waals surface area (Å²) in [5, 5.41) is 5.30. The van der Waals surface area contributed by atoms with Crippen LogP contribution in [-0.4, -0.2) is 24.0 Å². The lowest BCUT2D eigenvalue weighted by Gasteiger charge is -2.33. The van der Waals surface area contributed by atoms with Crippen molar-refractivity contribution >= 4 is 17.5 Å². The topological polar surface area (TPSA) is 67.4 Å². The molecule has 1 atom stereocenters. The molecule has 0 aliphatic carbocycles. The van der Waals surface area contributed by atoms with Crippen molar-refractivity contribution in [2.45, 2.75) is 18.9 Å². The first-order chi connectivity index (χ1) is 11.5. The summed E-state index contributed by atoms with van der Waals surface area (Å²) in [5.41, 5.74) is -0.634. The highest BCUT2D eigenvalue weighted by molar-refractivity contribution is 6.15. The number of anilines is 1. The summed E-state index contributed by atoms with van der Waals surface area (Å²) in [6.45, 7) is 1.62. The van der Waals surface area contributed by atoms with E-state index in [1.54, 1.807) is 42.5 Å². The maximum Gasteiger partial charge on any atom is 0.278 e. The summed E-state index contributed by atoms with van der Waals surface area (Å²) < 4.78 is 19.2. The molecule has 0 aromatic heterocycles. The molecule has 2 amide bonds. The average molecular weight is 328 g/mol. The fraction of sp³-hybridized carbons (Fsp3) is 0.222. The Morgan fingerprint density at radius 1 is 1.21 bits per heavy atom. The number of halogens is 1. The fourth-order valence-electron chi connectivity index (χ4n) is 2.50. The number of hydrogen-bond acceptors (Lipinski definition) is 3. The molecule has 0 unspecified atom stereocenters. The zero-order valence-electron chi connectivity index (χ0n) is 13.1. The third-order valence-corrected chi connectivity index (χ3v) is 3.95. The minimum absolute atomic E-state index is 0.202. The average Bonchev–Trinajstić information content (AvgIpc) is 2.57. The Kier molecular flexibility index (Phi) is 4.20. The van der Waals surface area contributed by atoms with Crippen LogP contribution in [0.4, 0.5) is 10.1 Å². The third-order valence-electron chi connectivity index (χ3n) is 3.95. The van der Waals surface area contributed by atoms with E-state index in [4.69, 9.17) is 4.74 Å². The first kappa shape index (κ1) is 16.0. The summed E-state index contributed by atoms with van der Waals surface area (Å²) in [7, 11) is 0. The van der Waals surface area contributed by atoms with Gasteiger partial charge in [0.15, 0.2) is 0 Å². The van der Waals surface area contributed by atoms with E-state index in [0.717, 1.165) is 0 Å². The maximum absolute atomic E-state index is 13.6. The van der Waals surface area contributed by atoms with Crippen molar-refractivity contribution in [3.63, 3.8) is 0 Å². The second-order valence-electron chi connectivity index (χ2n) is 5.68. The van der Waals surface area contributed by atoms with Gasteiger partial charge in [0.05, 0.1) is 5.69 Å². The van der Waals surface area contributed by atoms with Gasteiger partial charge in [-0.15, -0.1) is 0 Å². The smallest absolute Gasteiger partial charge is 0.278 e. The van der Waals surface area contributed by atoms with Crippen LogP contribution >= 0.6 is 0 Å². The lowest BCUT2D eigenvalue weighted by atomic mass is 10.0. The summed E-state index contributed by atoms with van der Waals surface area (Å²) >= 11 is 0. The molecule has 1 aliphatic rings. The second kappa shape index (κ2) is 6.31. The predicted molar refractivity (Wildman–Crippen MR) is 87.2 cm³/mol. The van der Waals surface area contributed by atoms with E-state index in [0.29, 0.717) is 23.4 Å². The van der Waals surface area contributed by atoms with Crippen LogP contribution < -0.4 is 15.4 Å². The molecule has 5 nitrogen and oxygen atoms in total. The number of carbonyl (C=O) groups excluding carboxylic acids is 2. The Bertz CT molecular complexity index is 793. The van der Waals surface area contributed by atoms with E-state index in [1.807, 2.05) is 0 Å². The normalized spacial score (nSPS) is 19.0. The molecule has 2 N–H and O–H groups in total. The van der Waals surface area contributed by atoms with Crippen molar-refractivity contribution in [1.29, 1.82) is 0 Å². The molecule has 0 spiro atoms. The van der Waals surface area contributed by atoms with Gasteiger partial charge in [-0.3, -0.25) is 9.59 Å². The monoisotopic (exact) mass is 328 g/mol. The van der Waals surface area contributed by atoms with Crippen LogP contribution in [0, 0.1) is 5.82 Å². The summed E-state index contributed by atoms with van der Waals surface area (Å²) in [5.74, 6) is -0.988. The Balaban J connectivity index is 1.66. The molecular formula is C18H17FN2O3. The third kappa shape index (κ3) is 2.95. The molecule has 0 saturated carbocycles. The van der Waals surface area contributed by atoms with Gasteiger partial charge in [-0.25, -0.2) is 4.39 Å². The number of carbonyl (C=O) groups is 2. The quantitative estimate of drug-likeness (QED) is 0.846. The van der Waals surface area contributed by atoms with Crippen molar-refractivity contribution in [2.75, 3.05) is 11.9 Å². The van der Waals surface area contributed by atoms with Gasteiger partial charge in [0.1, 0.15) is 11.6 Å². The minimum atomic E-state index is -1.66. The molecule has 1 heterocycles. The Hall–Kier alpha value is -2.89. The number of para-hydroxylation sites is 2. The summed E-state index contributed by atoms with van der Waals surface area (Å²) in [4.78, 5) is 24.7. The highest BCUT2D eigenvalue weighted by atomic mass is 19.1. The summed E-state index contributed by atoms with van der Waals surface area (Å²) in [6.07, 6.45) is 0.326. The predicted octanol–water partition coefficient (Wildman–Crippen LogP) is 2.27. The standard InChI is InChI=1S/C18H17FN2O3/c1-18(17(23)21-14-8-4-5-9-15(14)24-18)16(22)20-11-10-12-6-2-3-7-13(12)19/h2-9H,10-11H2,1H3,(H,20,22)(H,21,23)/t18-/m1/s1. The van der Waals surface area contributed by atoms with Gasteiger partial charge >= 0.3 is 0 Å². The second-order valence-corrected chi connectivity index (χ2v) is 5.68. The number of ether oxygens (including phenoxy) is 1. The van der Waals surface area contributed by atoms with Crippen LogP contribution in [0.1, 0.15) is 12.5 Å². The van der Waals surface area contributed by atoms with Crippen LogP contribution in [-0.2, 0) is 16.0 Å². The van der Waals surface area contributed by atoms with Crippen LogP contribution in [0.2, 0.25) is 0 Å². The Morgan fingerprint density at radius 2 is 1.92 bits per heavy atom. The first-order valence-electron chi connectivity index (χ1n) is 7.62. The maximum atomic E-state index is 13.6. The van der Waals surface area contributed by atoms with E-state index in [9.17, 15) is 14.0 Å². The fourth-order valence-corrected chi connectivity index (χ4v) is 2.50. The molecule has 1 aliphatic heterocycles. The first-order valence-corrected chi connectivity index (χ1v) is 7.62. The molecular weight excluding hydrogens is 311 g/mol. The van der Waals surface area contributed by atoms with Crippen molar-refractivity contribution < 1.29 is 18.7 Å². The van der Waals surface area contributed by atoms with Crippen molar-refractivity contribution in [2.24, 2.45) is 0 Å². The molecule has 0 fully saturated rings. The van der Waals surface area contributed by atoms with E-state index >= 15 is 0 Å². The zero-order valence-corrected chi connectivity index (χ0v) is 13.1. The summed E-state index contributed by atoms with van der Waals surface area (Å²) in [6, 6.07) is 13.3. The molecule has 0 radical (unpaired) electrons. The number of benzene rings is 2. The van der Waals surface area contributed by atoms with Gasteiger partial charge in [-0.1, -0.05) is 30.3 Å². The molecule has 24 heavy (non-hydrogen) atoms. The van der Waals surface area contributed by atoms with Crippen molar-refractivity contribution in [3.05, 3.63) is 59.9 Å². The highest BCUT2D eigenvalue weighted by Crippen LogP contribution is 2.33. The zero-order chi connectivity index (χ0) is 17.2. The largest absolute Gasteiger partial charge is 0.466 e. The lowest BCUT2D eigenvalue weighted by Crippen LogP contribution is -2.58. The van der Waals surface area contributed by atoms with Crippen LogP contribution in [0.3, 0.4) is 0 Å². The van der Waals surface area contributed by atoms with Gasteiger partial charge < -0.3 is 15.4 Å². The van der Waals surface area contributed by atoms with Gasteiger partial charge in [0.25, 0.3) is 17.4 Å². The minimum Gasteiger partial charge on any atom is -0.466 e. The molecule has 0 saturated heterocycles. The number of fused-ring (bicyclic) bond motifs is 1. The number of amides is 2. The number of hydrogen-bond donors (Lipinski definition) is 2. The van der Waals surface area contributed by atoms with Crippen LogP contribution in [0.5, 0.6) is 5.75 Å². The van der Waals surface area contributed by atoms with Crippen LogP contribution in [0.25, 0.3) is 0 Å². The van der Waals surface area contributed by atoms with Gasteiger partial charge in [-0.05, 0) is 37.1 Å². The highest BCUT2D eigenvalue weighted by Gasteiger charge is 2.46. The van der Waals surface area contributed by atoms with E-state index in [1.165, 1.54) is 13.0 Å². The van der Waals surface area contributed by atoms with Crippen molar-refractivity contribution in [3.8, 4) is 5.75 Å². The number of rotatable bonds is 4. The molecule has 2 aromatic carbocycles. The van der Waals surface area contributed by atoms with Gasteiger partial charge in [-0.2, -0.15) is 0 Å². The lowest BCUT2D eigenvalue weighted by molar-refractivity contribution is -0.146. The Labute approximate surface area is 138 Å². The molecule has 2 aromatic rings. The van der Waals surface area contributed by atoms with E-state index < -0.39 is 17.4 Å². The number of nitrogens with one attached hydrogen (secondary N) is 2. The van der Waals surface area contributed by atoms with Crippen LogP contribution in [0.15, 0.2) is 48.5 Å². The van der Waals surface area contributed by atoms with Gasteiger partial charge in [0.2, 0.25) is 0 Å². The van der Waals surface area contributed by atoms with Gasteiger partial charge in [0, 0.05) is 6.54 Å². The van der Waals surface area contributed by atoms with E-state index in [-0.39, 0.29) is 12.4 Å². The Morgan fingerprint density at radius 3 is 2.71 bits per heavy atom. The molecule has 0 bridgehead atoms. The molecule has 124 valence electrons. The molecule has 6 heteroatoms. The molecule has 3 rings (SSSR count). The van der Waals surface area contributed by atoms with Crippen molar-refractivity contribution in [1.82, 2.24) is 5.32 Å².